The zero-order chi connectivity index (χ0) is 46.5. The van der Waals surface area contributed by atoms with E-state index in [1.165, 1.54) is 93.3 Å². The van der Waals surface area contributed by atoms with Crippen LogP contribution in [0.3, 0.4) is 0 Å². The number of anilines is 6. The summed E-state index contributed by atoms with van der Waals surface area (Å²) in [5.41, 5.74) is 19.1. The van der Waals surface area contributed by atoms with E-state index in [0.29, 0.717) is 0 Å². The molecule has 0 unspecified atom stereocenters. The van der Waals surface area contributed by atoms with Crippen molar-refractivity contribution in [3.8, 4) is 0 Å². The normalized spacial score (nSPS) is 11.9. The Morgan fingerprint density at radius 1 is 0.265 bits per heavy atom. The van der Waals surface area contributed by atoms with E-state index in [0.717, 1.165) is 39.6 Å². The van der Waals surface area contributed by atoms with Crippen LogP contribution in [-0.4, -0.2) is 0 Å². The Kier molecular flexibility index (Phi) is 11.0. The number of hydrogen-bond donors (Lipinski definition) is 0. The molecule has 0 N–H and O–H groups in total. The van der Waals surface area contributed by atoms with Gasteiger partial charge in [0, 0.05) is 33.5 Å². The number of rotatable bonds is 10. The Morgan fingerprint density at radius 3 is 1.04 bits per heavy atom. The zero-order valence-corrected chi connectivity index (χ0v) is 39.7. The first kappa shape index (κ1) is 42.4. The van der Waals surface area contributed by atoms with E-state index in [1.54, 1.807) is 0 Å². The van der Waals surface area contributed by atoms with Crippen LogP contribution in [0.25, 0.3) is 67.4 Å². The van der Waals surface area contributed by atoms with Gasteiger partial charge in [0.1, 0.15) is 0 Å². The lowest BCUT2D eigenvalue weighted by Crippen LogP contribution is -2.11. The Bertz CT molecular complexity index is 3640. The largest absolute Gasteiger partial charge is 0.310 e. The lowest BCUT2D eigenvalue weighted by atomic mass is 9.85. The first-order valence-corrected chi connectivity index (χ1v) is 23.7. The van der Waals surface area contributed by atoms with E-state index in [1.807, 2.05) is 0 Å². The first-order valence-electron chi connectivity index (χ1n) is 23.7. The summed E-state index contributed by atoms with van der Waals surface area (Å²) in [4.78, 5) is 4.87. The van der Waals surface area contributed by atoms with Crippen LogP contribution in [-0.2, 0) is 0 Å². The van der Waals surface area contributed by atoms with Crippen molar-refractivity contribution in [1.29, 1.82) is 0 Å². The highest BCUT2D eigenvalue weighted by Crippen LogP contribution is 2.50. The molecule has 0 amide bonds. The quantitative estimate of drug-likeness (QED) is 0.0767. The molecule has 68 heavy (non-hydrogen) atoms. The summed E-state index contributed by atoms with van der Waals surface area (Å²) in [6, 6.07) is 71.9. The number of benzene rings is 11. The molecule has 0 bridgehead atoms. The second-order valence-corrected chi connectivity index (χ2v) is 18.6. The first-order chi connectivity index (χ1) is 33.2. The second-order valence-electron chi connectivity index (χ2n) is 18.6. The van der Waals surface area contributed by atoms with Crippen molar-refractivity contribution in [3.63, 3.8) is 0 Å². The number of hydrogen-bond acceptors (Lipinski definition) is 2. The fourth-order valence-corrected chi connectivity index (χ4v) is 10.1. The van der Waals surface area contributed by atoms with Crippen LogP contribution < -0.4 is 9.80 Å². The topological polar surface area (TPSA) is 6.48 Å². The van der Waals surface area contributed by atoms with Crippen molar-refractivity contribution < 1.29 is 0 Å². The van der Waals surface area contributed by atoms with Gasteiger partial charge in [-0.05, 0) is 168 Å². The Hall–Kier alpha value is -8.20. The van der Waals surface area contributed by atoms with Crippen molar-refractivity contribution in [2.75, 3.05) is 9.80 Å². The fraction of sp³-hybridized carbons (Fsp3) is 0.0909. The fourth-order valence-electron chi connectivity index (χ4n) is 10.1. The molecule has 0 aliphatic carbocycles. The van der Waals surface area contributed by atoms with Crippen LogP contribution in [0.4, 0.5) is 34.1 Å². The smallest absolute Gasteiger partial charge is 0.0543 e. The summed E-state index contributed by atoms with van der Waals surface area (Å²) in [7, 11) is 0. The van der Waals surface area contributed by atoms with Crippen LogP contribution in [0, 0.1) is 41.5 Å². The molecule has 0 saturated carbocycles. The van der Waals surface area contributed by atoms with Crippen LogP contribution in [0.15, 0.2) is 194 Å². The second kappa shape index (κ2) is 17.5. The average Bonchev–Trinajstić information content (AvgIpc) is 3.36. The molecule has 0 heterocycles. The van der Waals surface area contributed by atoms with Gasteiger partial charge in [0.15, 0.2) is 0 Å². The van der Waals surface area contributed by atoms with Crippen molar-refractivity contribution in [2.45, 2.75) is 41.5 Å². The highest BCUT2D eigenvalue weighted by atomic mass is 15.1. The summed E-state index contributed by atoms with van der Waals surface area (Å²) >= 11 is 0. The molecule has 0 fully saturated rings. The highest BCUT2D eigenvalue weighted by molar-refractivity contribution is 6.36. The highest BCUT2D eigenvalue weighted by Gasteiger charge is 2.24. The molecular weight excluding hydrogens is 821 g/mol. The molecule has 328 valence electrons. The van der Waals surface area contributed by atoms with Gasteiger partial charge in [-0.1, -0.05) is 180 Å². The SMILES string of the molecule is Cc1ccc(/C=C/c2ccc(N(c3ccc(C)cc3)c3ccc4c5c(C)cc(N(c6ccc(C)cc6)c6ccc(/C=C/c7ccc(C)cc7)cc6)c6cccc(c7c(C)ccc3c47)c65)cc2)cc1. The molecule has 0 saturated heterocycles. The molecule has 2 nitrogen and oxygen atoms in total. The molecule has 11 aromatic rings. The number of aryl methyl sites for hydroxylation is 6. The molecule has 0 radical (unpaired) electrons. The minimum Gasteiger partial charge on any atom is -0.310 e. The lowest BCUT2D eigenvalue weighted by molar-refractivity contribution is 1.28. The Labute approximate surface area is 400 Å². The van der Waals surface area contributed by atoms with Gasteiger partial charge in [0.2, 0.25) is 0 Å². The van der Waals surface area contributed by atoms with Gasteiger partial charge in [0.25, 0.3) is 0 Å². The van der Waals surface area contributed by atoms with Crippen LogP contribution in [0.5, 0.6) is 0 Å². The molecule has 2 heteroatoms. The van der Waals surface area contributed by atoms with Gasteiger partial charge in [-0.15, -0.1) is 0 Å². The van der Waals surface area contributed by atoms with Crippen molar-refractivity contribution >= 4 is 102 Å². The predicted octanol–water partition coefficient (Wildman–Crippen LogP) is 18.9. The monoisotopic (exact) mass is 874 g/mol. The van der Waals surface area contributed by atoms with E-state index in [4.69, 9.17) is 0 Å². The molecule has 11 rings (SSSR count). The van der Waals surface area contributed by atoms with Gasteiger partial charge < -0.3 is 9.80 Å². The van der Waals surface area contributed by atoms with Gasteiger partial charge in [-0.3, -0.25) is 0 Å². The van der Waals surface area contributed by atoms with E-state index < -0.39 is 0 Å². The van der Waals surface area contributed by atoms with Crippen LogP contribution >= 0.6 is 0 Å². The zero-order valence-electron chi connectivity index (χ0n) is 39.7. The number of fused-ring (bicyclic) bond motifs is 2. The predicted molar refractivity (Wildman–Crippen MR) is 296 cm³/mol. The molecule has 0 atom stereocenters. The summed E-state index contributed by atoms with van der Waals surface area (Å²) in [5, 5.41) is 10.2. The van der Waals surface area contributed by atoms with Crippen LogP contribution in [0.1, 0.15) is 55.6 Å². The van der Waals surface area contributed by atoms with Gasteiger partial charge in [-0.25, -0.2) is 0 Å². The average molecular weight is 875 g/mol. The third kappa shape index (κ3) is 7.88. The third-order valence-corrected chi connectivity index (χ3v) is 13.7. The summed E-state index contributed by atoms with van der Waals surface area (Å²) < 4.78 is 0. The lowest BCUT2D eigenvalue weighted by Gasteiger charge is -2.30. The van der Waals surface area contributed by atoms with E-state index >= 15 is 0 Å². The number of nitrogens with zero attached hydrogens (tertiary/aromatic N) is 2. The standard InChI is InChI=1S/C66H54N2/c1-43-10-19-49(20-11-43)23-25-51-27-35-55(36-28-51)67(53-31-14-45(3)15-32-53)61-41-40-60-64-48(6)42-62(57-8-7-9-59(65(57)64)63-47(5)18-39-58(61)66(60)63)68(54-33-16-46(4)17-34-54)56-37-29-52(30-38-56)26-24-50-21-12-44(2)13-22-50/h7-42H,1-6H3/b25-23+,26-24+. The molecule has 0 aliphatic rings. The Balaban J connectivity index is 1.07. The maximum absolute atomic E-state index is 2.44. The van der Waals surface area contributed by atoms with E-state index in [-0.39, 0.29) is 0 Å². The van der Waals surface area contributed by atoms with Crippen molar-refractivity contribution in [2.24, 2.45) is 0 Å². The molecule has 0 aromatic heterocycles. The van der Waals surface area contributed by atoms with Gasteiger partial charge >= 0.3 is 0 Å². The van der Waals surface area contributed by atoms with Gasteiger partial charge in [-0.2, -0.15) is 0 Å². The molecular formula is C66H54N2. The summed E-state index contributed by atoms with van der Waals surface area (Å²) in [6.45, 7) is 13.1. The Morgan fingerprint density at radius 2 is 0.588 bits per heavy atom. The summed E-state index contributed by atoms with van der Waals surface area (Å²) in [6.07, 6.45) is 8.78. The van der Waals surface area contributed by atoms with Gasteiger partial charge in [0.05, 0.1) is 11.4 Å². The molecule has 11 aromatic carbocycles. The van der Waals surface area contributed by atoms with Crippen molar-refractivity contribution in [3.05, 3.63) is 250 Å². The minimum atomic E-state index is 1.12. The minimum absolute atomic E-state index is 1.12. The molecule has 0 spiro atoms. The van der Waals surface area contributed by atoms with E-state index in [9.17, 15) is 0 Å². The maximum atomic E-state index is 2.44. The maximum Gasteiger partial charge on any atom is 0.0543 e. The van der Waals surface area contributed by atoms with E-state index in [2.05, 4.69) is 270 Å². The van der Waals surface area contributed by atoms with Crippen LogP contribution in [0.2, 0.25) is 0 Å². The third-order valence-electron chi connectivity index (χ3n) is 13.7. The summed E-state index contributed by atoms with van der Waals surface area (Å²) in [5.74, 6) is 0. The van der Waals surface area contributed by atoms with Crippen molar-refractivity contribution in [1.82, 2.24) is 0 Å². The molecule has 0 aliphatic heterocycles.